The molecule has 0 aromatic heterocycles. The first-order valence-electron chi connectivity index (χ1n) is 4.16. The van der Waals surface area contributed by atoms with Crippen LogP contribution in [0.3, 0.4) is 0 Å². The van der Waals surface area contributed by atoms with Crippen molar-refractivity contribution in [2.24, 2.45) is 0 Å². The van der Waals surface area contributed by atoms with Crippen LogP contribution in [-0.2, 0) is 0 Å². The second-order valence-electron chi connectivity index (χ2n) is 3.04. The molecule has 1 nitrogen and oxygen atoms in total. The highest BCUT2D eigenvalue weighted by Crippen LogP contribution is 2.38. The van der Waals surface area contributed by atoms with E-state index >= 15 is 0 Å². The van der Waals surface area contributed by atoms with E-state index in [2.05, 4.69) is 20.7 Å². The third-order valence-corrected chi connectivity index (χ3v) is 2.65. The Morgan fingerprint density at radius 3 is 2.24 bits per heavy atom. The molecule has 0 aliphatic rings. The summed E-state index contributed by atoms with van der Waals surface area (Å²) in [4.78, 5) is 0. The van der Waals surface area contributed by atoms with Gasteiger partial charge in [0.1, 0.15) is 0 Å². The summed E-state index contributed by atoms with van der Waals surface area (Å²) in [6, 6.07) is 4.21. The molecule has 0 fully saturated rings. The summed E-state index contributed by atoms with van der Waals surface area (Å²) in [6.45, 7) is -1.82. The Balaban J connectivity index is 2.81. The Hall–Kier alpha value is -0.560. The van der Waals surface area contributed by atoms with Gasteiger partial charge in [-0.1, -0.05) is 17.7 Å². The van der Waals surface area contributed by atoms with Crippen LogP contribution in [0.4, 0.5) is 22.0 Å². The van der Waals surface area contributed by atoms with E-state index < -0.39 is 18.7 Å². The highest BCUT2D eigenvalue weighted by Gasteiger charge is 2.58. The highest BCUT2D eigenvalue weighted by molar-refractivity contribution is 9.10. The number of halogens is 7. The molecule has 8 heteroatoms. The van der Waals surface area contributed by atoms with Crippen LogP contribution < -0.4 is 4.74 Å². The van der Waals surface area contributed by atoms with Crippen molar-refractivity contribution in [2.45, 2.75) is 12.1 Å². The van der Waals surface area contributed by atoms with Gasteiger partial charge in [0.2, 0.25) is 0 Å². The van der Waals surface area contributed by atoms with Gasteiger partial charge in [-0.15, -0.1) is 0 Å². The van der Waals surface area contributed by atoms with Crippen molar-refractivity contribution in [1.29, 1.82) is 0 Å². The van der Waals surface area contributed by atoms with Crippen molar-refractivity contribution in [3.8, 4) is 5.75 Å². The molecule has 0 aliphatic heterocycles. The Bertz CT molecular complexity index is 387. The summed E-state index contributed by atoms with van der Waals surface area (Å²) < 4.78 is 65.3. The van der Waals surface area contributed by atoms with Crippen LogP contribution in [0.5, 0.6) is 5.75 Å². The molecule has 1 aromatic carbocycles. The van der Waals surface area contributed by atoms with Crippen molar-refractivity contribution in [2.75, 3.05) is 6.61 Å². The van der Waals surface area contributed by atoms with E-state index in [0.29, 0.717) is 0 Å². The summed E-state index contributed by atoms with van der Waals surface area (Å²) in [5.41, 5.74) is 0. The molecular weight excluding hydrogens is 334 g/mol. The average Bonchev–Trinajstić information content (AvgIpc) is 2.15. The molecule has 0 unspecified atom stereocenters. The average molecular weight is 339 g/mol. The van der Waals surface area contributed by atoms with E-state index in [1.807, 2.05) is 0 Å². The van der Waals surface area contributed by atoms with Crippen LogP contribution in [-0.4, -0.2) is 18.7 Å². The molecule has 17 heavy (non-hydrogen) atoms. The molecule has 0 heterocycles. The number of ether oxygens (including phenoxy) is 1. The van der Waals surface area contributed by atoms with E-state index in [9.17, 15) is 22.0 Å². The van der Waals surface area contributed by atoms with Crippen LogP contribution in [0.15, 0.2) is 22.7 Å². The van der Waals surface area contributed by atoms with Gasteiger partial charge >= 0.3 is 12.1 Å². The first-order valence-corrected chi connectivity index (χ1v) is 5.33. The fraction of sp³-hybridized carbons (Fsp3) is 0.333. The molecular formula is C9H5BrClF5O. The van der Waals surface area contributed by atoms with E-state index in [1.165, 1.54) is 18.2 Å². The number of alkyl halides is 5. The Morgan fingerprint density at radius 1 is 1.18 bits per heavy atom. The quantitative estimate of drug-likeness (QED) is 0.727. The van der Waals surface area contributed by atoms with Gasteiger partial charge in [0.25, 0.3) is 0 Å². The summed E-state index contributed by atoms with van der Waals surface area (Å²) in [7, 11) is 0. The maximum Gasteiger partial charge on any atom is 0.456 e. The maximum absolute atomic E-state index is 12.6. The van der Waals surface area contributed by atoms with Crippen LogP contribution in [0.1, 0.15) is 0 Å². The topological polar surface area (TPSA) is 9.23 Å². The fourth-order valence-corrected chi connectivity index (χ4v) is 1.69. The molecule has 0 spiro atoms. The van der Waals surface area contributed by atoms with Gasteiger partial charge in [-0.05, 0) is 28.1 Å². The van der Waals surface area contributed by atoms with Crippen molar-refractivity contribution in [3.05, 3.63) is 27.7 Å². The molecule has 0 N–H and O–H groups in total. The minimum Gasteiger partial charge on any atom is -0.484 e. The molecule has 0 saturated carbocycles. The zero-order valence-electron chi connectivity index (χ0n) is 7.99. The molecule has 1 aromatic rings. The van der Waals surface area contributed by atoms with Gasteiger partial charge in [-0.2, -0.15) is 22.0 Å². The Morgan fingerprint density at radius 2 is 1.76 bits per heavy atom. The van der Waals surface area contributed by atoms with Gasteiger partial charge in [0, 0.05) is 0 Å². The SMILES string of the molecule is FC(F)(F)C(F)(F)COc1c(Cl)cccc1Br. The lowest BCUT2D eigenvalue weighted by Crippen LogP contribution is -2.41. The fourth-order valence-electron chi connectivity index (χ4n) is 0.865. The van der Waals surface area contributed by atoms with Crippen LogP contribution in [0, 0.1) is 0 Å². The second kappa shape index (κ2) is 4.97. The van der Waals surface area contributed by atoms with E-state index in [1.54, 1.807) is 0 Å². The Kier molecular flexibility index (Phi) is 4.24. The van der Waals surface area contributed by atoms with Gasteiger partial charge in [-0.3, -0.25) is 0 Å². The summed E-state index contributed by atoms with van der Waals surface area (Å²) in [5.74, 6) is -5.18. The van der Waals surface area contributed by atoms with Gasteiger partial charge in [-0.25, -0.2) is 0 Å². The smallest absolute Gasteiger partial charge is 0.456 e. The maximum atomic E-state index is 12.6. The molecule has 0 aliphatic carbocycles. The van der Waals surface area contributed by atoms with E-state index in [0.717, 1.165) is 0 Å². The largest absolute Gasteiger partial charge is 0.484 e. The van der Waals surface area contributed by atoms with E-state index in [-0.39, 0.29) is 15.2 Å². The summed E-state index contributed by atoms with van der Waals surface area (Å²) >= 11 is 8.52. The molecule has 1 rings (SSSR count). The number of hydrogen-bond acceptors (Lipinski definition) is 1. The molecule has 0 atom stereocenters. The molecule has 0 amide bonds. The monoisotopic (exact) mass is 338 g/mol. The van der Waals surface area contributed by atoms with Crippen LogP contribution in [0.2, 0.25) is 5.02 Å². The summed E-state index contributed by atoms with van der Waals surface area (Å²) in [5, 5.41) is -0.0580. The van der Waals surface area contributed by atoms with Crippen molar-refractivity contribution < 1.29 is 26.7 Å². The number of benzene rings is 1. The standard InChI is InChI=1S/C9H5BrClF5O/c10-5-2-1-3-6(11)7(5)17-4-8(12,13)9(14,15)16/h1-3H,4H2. The van der Waals surface area contributed by atoms with Crippen molar-refractivity contribution in [1.82, 2.24) is 0 Å². The second-order valence-corrected chi connectivity index (χ2v) is 4.30. The first-order chi connectivity index (χ1) is 7.65. The minimum atomic E-state index is -5.65. The lowest BCUT2D eigenvalue weighted by Gasteiger charge is -2.20. The van der Waals surface area contributed by atoms with Crippen molar-refractivity contribution in [3.63, 3.8) is 0 Å². The first kappa shape index (κ1) is 14.5. The molecule has 96 valence electrons. The molecule has 0 saturated heterocycles. The van der Waals surface area contributed by atoms with E-state index in [4.69, 9.17) is 11.6 Å². The third-order valence-electron chi connectivity index (χ3n) is 1.73. The third kappa shape index (κ3) is 3.45. The zero-order valence-corrected chi connectivity index (χ0v) is 10.3. The highest BCUT2D eigenvalue weighted by atomic mass is 79.9. The van der Waals surface area contributed by atoms with Gasteiger partial charge in [0.15, 0.2) is 12.4 Å². The zero-order chi connectivity index (χ0) is 13.3. The number of para-hydroxylation sites is 1. The Labute approximate surface area is 107 Å². The lowest BCUT2D eigenvalue weighted by atomic mass is 10.3. The van der Waals surface area contributed by atoms with Gasteiger partial charge in [0.05, 0.1) is 9.50 Å². The number of rotatable bonds is 3. The minimum absolute atomic E-state index is 0.0580. The summed E-state index contributed by atoms with van der Waals surface area (Å²) in [6.07, 6.45) is -5.65. The number of hydrogen-bond donors (Lipinski definition) is 0. The van der Waals surface area contributed by atoms with Crippen molar-refractivity contribution >= 4 is 27.5 Å². The van der Waals surface area contributed by atoms with Crippen LogP contribution >= 0.6 is 27.5 Å². The predicted molar refractivity (Wildman–Crippen MR) is 55.6 cm³/mol. The normalized spacial score (nSPS) is 12.6. The van der Waals surface area contributed by atoms with Gasteiger partial charge < -0.3 is 4.74 Å². The predicted octanol–water partition coefficient (Wildman–Crippen LogP) is 4.68. The lowest BCUT2D eigenvalue weighted by molar-refractivity contribution is -0.290. The molecule has 0 bridgehead atoms. The van der Waals surface area contributed by atoms with Crippen LogP contribution in [0.25, 0.3) is 0 Å². The molecule has 0 radical (unpaired) electrons.